The average molecular weight is 193 g/mol. The summed E-state index contributed by atoms with van der Waals surface area (Å²) in [5.74, 6) is 0. The minimum atomic E-state index is -3.61. The Morgan fingerprint density at radius 2 is 2.09 bits per heavy atom. The highest BCUT2D eigenvalue weighted by Crippen LogP contribution is 2.12. The van der Waals surface area contributed by atoms with E-state index >= 15 is 0 Å². The minimum absolute atomic E-state index is 0.0525. The fraction of sp³-hybridized carbons (Fsp3) is 0.143. The fourth-order valence-corrected chi connectivity index (χ4v) is 1.36. The molecule has 0 unspecified atom stereocenters. The highest BCUT2D eigenvalue weighted by molar-refractivity contribution is 8.17. The van der Waals surface area contributed by atoms with Crippen LogP contribution in [0.4, 0.5) is 0 Å². The van der Waals surface area contributed by atoms with Crippen molar-refractivity contribution >= 4 is 19.7 Å². The zero-order valence-electron chi connectivity index (χ0n) is 6.12. The molecule has 4 heteroatoms. The van der Waals surface area contributed by atoms with Crippen LogP contribution in [0.5, 0.6) is 0 Å². The van der Waals surface area contributed by atoms with Crippen molar-refractivity contribution in [3.63, 3.8) is 0 Å². The Balaban J connectivity index is 4.93. The van der Waals surface area contributed by atoms with Crippen LogP contribution in [0.1, 0.15) is 6.92 Å². The van der Waals surface area contributed by atoms with Crippen LogP contribution in [-0.2, 0) is 9.05 Å². The zero-order chi connectivity index (χ0) is 8.91. The maximum atomic E-state index is 10.7. The van der Waals surface area contributed by atoms with Gasteiger partial charge in [-0.1, -0.05) is 18.7 Å². The Morgan fingerprint density at radius 3 is 2.36 bits per heavy atom. The van der Waals surface area contributed by atoms with E-state index in [0.717, 1.165) is 0 Å². The molecule has 0 aromatic rings. The lowest BCUT2D eigenvalue weighted by Crippen LogP contribution is -1.90. The van der Waals surface area contributed by atoms with Gasteiger partial charge in [0.15, 0.2) is 0 Å². The first kappa shape index (κ1) is 10.5. The van der Waals surface area contributed by atoms with E-state index in [1.165, 1.54) is 18.2 Å². The molecule has 11 heavy (non-hydrogen) atoms. The van der Waals surface area contributed by atoms with Crippen molar-refractivity contribution in [1.29, 1.82) is 0 Å². The first-order valence-electron chi connectivity index (χ1n) is 2.92. The second kappa shape index (κ2) is 4.36. The summed E-state index contributed by atoms with van der Waals surface area (Å²) in [6, 6.07) is 0. The Kier molecular flexibility index (Phi) is 4.15. The summed E-state index contributed by atoms with van der Waals surface area (Å²) in [7, 11) is 1.45. The lowest BCUT2D eigenvalue weighted by atomic mass is 10.4. The first-order chi connectivity index (χ1) is 5.02. The van der Waals surface area contributed by atoms with Crippen molar-refractivity contribution in [2.75, 3.05) is 0 Å². The van der Waals surface area contributed by atoms with E-state index < -0.39 is 9.05 Å². The summed E-state index contributed by atoms with van der Waals surface area (Å²) >= 11 is 0. The van der Waals surface area contributed by atoms with Gasteiger partial charge < -0.3 is 0 Å². The van der Waals surface area contributed by atoms with Crippen LogP contribution in [0.2, 0.25) is 0 Å². The normalized spacial score (nSPS) is 13.8. The predicted molar refractivity (Wildman–Crippen MR) is 47.9 cm³/mol. The maximum Gasteiger partial charge on any atom is 0.261 e. The van der Waals surface area contributed by atoms with Crippen LogP contribution >= 0.6 is 10.7 Å². The monoisotopic (exact) mass is 192 g/mol. The lowest BCUT2D eigenvalue weighted by Gasteiger charge is -1.92. The first-order valence-corrected chi connectivity index (χ1v) is 5.23. The summed E-state index contributed by atoms with van der Waals surface area (Å²) in [5, 5.41) is 0. The quantitative estimate of drug-likeness (QED) is 0.508. The number of rotatable bonds is 3. The number of halogens is 1. The minimum Gasteiger partial charge on any atom is -0.207 e. The molecule has 0 radical (unpaired) electrons. The fourth-order valence-electron chi connectivity index (χ4n) is 0.499. The van der Waals surface area contributed by atoms with Crippen molar-refractivity contribution in [2.24, 2.45) is 0 Å². The SMILES string of the molecule is C=CC=C(C=CC)S(=O)(=O)Cl. The predicted octanol–water partition coefficient (Wildman–Crippen LogP) is 2.20. The van der Waals surface area contributed by atoms with Crippen LogP contribution < -0.4 is 0 Å². The van der Waals surface area contributed by atoms with Crippen molar-refractivity contribution in [3.05, 3.63) is 35.8 Å². The Labute approximate surface area is 71.3 Å². The van der Waals surface area contributed by atoms with E-state index in [9.17, 15) is 8.42 Å². The van der Waals surface area contributed by atoms with Gasteiger partial charge in [-0.05, 0) is 19.1 Å². The van der Waals surface area contributed by atoms with Gasteiger partial charge in [0.1, 0.15) is 0 Å². The third-order valence-corrected chi connectivity index (χ3v) is 2.26. The molecule has 0 atom stereocenters. The maximum absolute atomic E-state index is 10.7. The highest BCUT2D eigenvalue weighted by Gasteiger charge is 2.08. The lowest BCUT2D eigenvalue weighted by molar-refractivity contribution is 0.615. The molecule has 0 aliphatic carbocycles. The van der Waals surface area contributed by atoms with Crippen LogP contribution in [-0.4, -0.2) is 8.42 Å². The summed E-state index contributed by atoms with van der Waals surface area (Å²) in [6.45, 7) is 5.07. The Morgan fingerprint density at radius 1 is 1.55 bits per heavy atom. The van der Waals surface area contributed by atoms with Gasteiger partial charge in [0.2, 0.25) is 0 Å². The molecule has 0 saturated carbocycles. The summed E-state index contributed by atoms with van der Waals surface area (Å²) in [4.78, 5) is 0.0525. The van der Waals surface area contributed by atoms with Gasteiger partial charge in [0, 0.05) is 10.7 Å². The number of hydrogen-bond acceptors (Lipinski definition) is 2. The van der Waals surface area contributed by atoms with Gasteiger partial charge in [0.05, 0.1) is 4.91 Å². The van der Waals surface area contributed by atoms with E-state index in [-0.39, 0.29) is 4.91 Å². The zero-order valence-corrected chi connectivity index (χ0v) is 7.69. The van der Waals surface area contributed by atoms with E-state index in [1.54, 1.807) is 13.0 Å². The molecule has 0 fully saturated rings. The van der Waals surface area contributed by atoms with Gasteiger partial charge in [-0.25, -0.2) is 8.42 Å². The molecule has 0 aliphatic rings. The van der Waals surface area contributed by atoms with E-state index in [2.05, 4.69) is 6.58 Å². The molecule has 0 aromatic carbocycles. The highest BCUT2D eigenvalue weighted by atomic mass is 35.7. The Hall–Kier alpha value is -0.540. The molecule has 0 saturated heterocycles. The molecular formula is C7H9ClO2S. The third kappa shape index (κ3) is 4.01. The summed E-state index contributed by atoms with van der Waals surface area (Å²) < 4.78 is 21.4. The second-order valence-electron chi connectivity index (χ2n) is 1.74. The summed E-state index contributed by atoms with van der Waals surface area (Å²) in [5.41, 5.74) is 0. The molecule has 0 aromatic heterocycles. The van der Waals surface area contributed by atoms with Crippen molar-refractivity contribution in [2.45, 2.75) is 6.92 Å². The molecule has 0 rings (SSSR count). The van der Waals surface area contributed by atoms with Gasteiger partial charge >= 0.3 is 0 Å². The van der Waals surface area contributed by atoms with Crippen LogP contribution in [0, 0.1) is 0 Å². The van der Waals surface area contributed by atoms with Crippen molar-refractivity contribution in [3.8, 4) is 0 Å². The molecule has 0 heterocycles. The average Bonchev–Trinajstić information content (AvgIpc) is 1.85. The molecule has 0 amide bonds. The van der Waals surface area contributed by atoms with E-state index in [0.29, 0.717) is 0 Å². The largest absolute Gasteiger partial charge is 0.261 e. The van der Waals surface area contributed by atoms with Crippen molar-refractivity contribution < 1.29 is 8.42 Å². The van der Waals surface area contributed by atoms with Crippen molar-refractivity contribution in [1.82, 2.24) is 0 Å². The van der Waals surface area contributed by atoms with Gasteiger partial charge in [0.25, 0.3) is 9.05 Å². The molecule has 0 aliphatic heterocycles. The van der Waals surface area contributed by atoms with Crippen LogP contribution in [0.25, 0.3) is 0 Å². The second-order valence-corrected chi connectivity index (χ2v) is 4.31. The van der Waals surface area contributed by atoms with E-state index in [1.807, 2.05) is 0 Å². The molecule has 0 N–H and O–H groups in total. The number of allylic oxidation sites excluding steroid dienone is 4. The topological polar surface area (TPSA) is 34.1 Å². The van der Waals surface area contributed by atoms with Gasteiger partial charge in [-0.3, -0.25) is 0 Å². The molecular weight excluding hydrogens is 184 g/mol. The molecule has 0 bridgehead atoms. The smallest absolute Gasteiger partial charge is 0.207 e. The van der Waals surface area contributed by atoms with Crippen LogP contribution in [0.15, 0.2) is 35.8 Å². The third-order valence-electron chi connectivity index (χ3n) is 0.895. The van der Waals surface area contributed by atoms with E-state index in [4.69, 9.17) is 10.7 Å². The summed E-state index contributed by atoms with van der Waals surface area (Å²) in [6.07, 6.45) is 5.71. The Bertz CT molecular complexity index is 286. The number of hydrogen-bond donors (Lipinski definition) is 0. The molecule has 2 nitrogen and oxygen atoms in total. The van der Waals surface area contributed by atoms with Crippen LogP contribution in [0.3, 0.4) is 0 Å². The van der Waals surface area contributed by atoms with Gasteiger partial charge in [-0.2, -0.15) is 0 Å². The molecule has 0 spiro atoms. The van der Waals surface area contributed by atoms with Gasteiger partial charge in [-0.15, -0.1) is 0 Å². The standard InChI is InChI=1S/C7H9ClO2S/c1-3-5-7(6-4-2)11(8,9)10/h3-6H,1H2,2H3. The molecule has 62 valence electrons.